The van der Waals surface area contributed by atoms with Crippen LogP contribution in [0.4, 0.5) is 0 Å². The monoisotopic (exact) mass is 324 g/mol. The fraction of sp³-hybridized carbons (Fsp3) is 0.381. The fourth-order valence-electron chi connectivity index (χ4n) is 3.36. The largest absolute Gasteiger partial charge is 0.373 e. The van der Waals surface area contributed by atoms with Crippen LogP contribution >= 0.6 is 0 Å². The van der Waals surface area contributed by atoms with Crippen molar-refractivity contribution >= 4 is 5.97 Å². The highest BCUT2D eigenvalue weighted by Gasteiger charge is 2.28. The van der Waals surface area contributed by atoms with Gasteiger partial charge >= 0.3 is 5.97 Å². The lowest BCUT2D eigenvalue weighted by Gasteiger charge is -2.30. The fourth-order valence-corrected chi connectivity index (χ4v) is 3.36. The first kappa shape index (κ1) is 16.7. The van der Waals surface area contributed by atoms with Crippen LogP contribution in [-0.4, -0.2) is 12.1 Å². The number of rotatable bonds is 4. The molecule has 3 rings (SSSR count). The minimum atomic E-state index is -0.430. The van der Waals surface area contributed by atoms with Crippen molar-refractivity contribution < 1.29 is 14.6 Å². The van der Waals surface area contributed by atoms with E-state index in [2.05, 4.69) is 13.8 Å². The van der Waals surface area contributed by atoms with Gasteiger partial charge in [-0.1, -0.05) is 56.3 Å². The summed E-state index contributed by atoms with van der Waals surface area (Å²) in [6.07, 6.45) is 3.20. The van der Waals surface area contributed by atoms with Crippen molar-refractivity contribution in [1.82, 2.24) is 0 Å². The number of carbonyl (C=O) groups is 1. The predicted octanol–water partition coefficient (Wildman–Crippen LogP) is 5.27. The maximum absolute atomic E-state index is 12.2. The zero-order valence-corrected chi connectivity index (χ0v) is 14.3. The van der Waals surface area contributed by atoms with Crippen LogP contribution in [0.25, 0.3) is 11.1 Å². The van der Waals surface area contributed by atoms with E-state index in [0.29, 0.717) is 11.5 Å². The van der Waals surface area contributed by atoms with E-state index in [-0.39, 0.29) is 6.10 Å². The number of benzene rings is 2. The van der Waals surface area contributed by atoms with Gasteiger partial charge in [0.2, 0.25) is 0 Å². The molecule has 3 heteroatoms. The summed E-state index contributed by atoms with van der Waals surface area (Å²) in [5.74, 6) is 0.712. The van der Waals surface area contributed by atoms with Crippen molar-refractivity contribution in [2.75, 3.05) is 0 Å². The van der Waals surface area contributed by atoms with Gasteiger partial charge in [0.05, 0.1) is 5.56 Å². The third kappa shape index (κ3) is 4.04. The molecule has 3 nitrogen and oxygen atoms in total. The third-order valence-electron chi connectivity index (χ3n) is 4.83. The van der Waals surface area contributed by atoms with E-state index >= 15 is 0 Å². The molecule has 1 aliphatic rings. The van der Waals surface area contributed by atoms with E-state index in [1.165, 1.54) is 0 Å². The summed E-state index contributed by atoms with van der Waals surface area (Å²) in [5, 5.41) is 0. The van der Waals surface area contributed by atoms with Crippen molar-refractivity contribution in [1.29, 1.82) is 0 Å². The number of carbonyl (C=O) groups excluding carboxylic acids is 1. The van der Waals surface area contributed by atoms with Crippen molar-refractivity contribution in [2.45, 2.75) is 39.2 Å². The molecule has 0 bridgehead atoms. The Morgan fingerprint density at radius 2 is 1.58 bits per heavy atom. The molecule has 1 saturated carbocycles. The average Bonchev–Trinajstić information content (AvgIpc) is 2.62. The second-order valence-corrected chi connectivity index (χ2v) is 6.84. The summed E-state index contributed by atoms with van der Waals surface area (Å²) in [6, 6.07) is 17.5. The summed E-state index contributed by atoms with van der Waals surface area (Å²) < 4.78 is 0. The summed E-state index contributed by atoms with van der Waals surface area (Å²) in [6.45, 7) is 4.41. The van der Waals surface area contributed by atoms with Crippen molar-refractivity contribution in [3.8, 4) is 11.1 Å². The molecule has 3 unspecified atom stereocenters. The van der Waals surface area contributed by atoms with Gasteiger partial charge in [0, 0.05) is 0 Å². The van der Waals surface area contributed by atoms with E-state index in [0.717, 1.165) is 36.3 Å². The number of hydrogen-bond acceptors (Lipinski definition) is 3. The first-order chi connectivity index (χ1) is 11.6. The smallest absolute Gasteiger partial charge is 0.293 e. The van der Waals surface area contributed by atoms with Crippen LogP contribution in [0, 0.1) is 11.8 Å². The topological polar surface area (TPSA) is 35.5 Å². The molecule has 0 heterocycles. The summed E-state index contributed by atoms with van der Waals surface area (Å²) in [7, 11) is 0. The molecule has 24 heavy (non-hydrogen) atoms. The Morgan fingerprint density at radius 3 is 2.25 bits per heavy atom. The van der Waals surface area contributed by atoms with Crippen LogP contribution in [-0.2, 0) is 9.78 Å². The Labute approximate surface area is 143 Å². The third-order valence-corrected chi connectivity index (χ3v) is 4.83. The minimum Gasteiger partial charge on any atom is -0.293 e. The van der Waals surface area contributed by atoms with Gasteiger partial charge in [-0.05, 0) is 54.4 Å². The van der Waals surface area contributed by atoms with Crippen molar-refractivity contribution in [3.63, 3.8) is 0 Å². The molecule has 2 aromatic carbocycles. The van der Waals surface area contributed by atoms with Crippen LogP contribution in [0.3, 0.4) is 0 Å². The zero-order valence-electron chi connectivity index (χ0n) is 14.3. The quantitative estimate of drug-likeness (QED) is 0.568. The van der Waals surface area contributed by atoms with E-state index in [4.69, 9.17) is 9.78 Å². The highest BCUT2D eigenvalue weighted by atomic mass is 17.2. The Morgan fingerprint density at radius 1 is 0.917 bits per heavy atom. The Hall–Kier alpha value is -2.13. The first-order valence-electron chi connectivity index (χ1n) is 8.66. The molecule has 0 spiro atoms. The summed E-state index contributed by atoms with van der Waals surface area (Å²) >= 11 is 0. The van der Waals surface area contributed by atoms with Crippen LogP contribution in [0.15, 0.2) is 54.6 Å². The summed E-state index contributed by atoms with van der Waals surface area (Å²) in [5.41, 5.74) is 2.70. The predicted molar refractivity (Wildman–Crippen MR) is 94.3 cm³/mol. The van der Waals surface area contributed by atoms with Gasteiger partial charge in [0.1, 0.15) is 6.10 Å². The maximum atomic E-state index is 12.2. The molecule has 0 amide bonds. The lowest BCUT2D eigenvalue weighted by Crippen LogP contribution is -2.29. The lowest BCUT2D eigenvalue weighted by atomic mass is 9.81. The van der Waals surface area contributed by atoms with E-state index in [1.54, 1.807) is 12.1 Å². The number of hydrogen-bond donors (Lipinski definition) is 0. The van der Waals surface area contributed by atoms with E-state index < -0.39 is 5.97 Å². The highest BCUT2D eigenvalue weighted by molar-refractivity contribution is 5.89. The van der Waals surface area contributed by atoms with Gasteiger partial charge in [0.15, 0.2) is 0 Å². The van der Waals surface area contributed by atoms with Crippen molar-refractivity contribution in [2.24, 2.45) is 11.8 Å². The molecule has 3 atom stereocenters. The first-order valence-corrected chi connectivity index (χ1v) is 8.66. The Kier molecular flexibility index (Phi) is 5.31. The molecule has 1 aliphatic carbocycles. The Bertz CT molecular complexity index is 663. The standard InChI is InChI=1S/C21H24O3/c1-15-8-13-20(16(2)14-15)23-24-21(22)19-11-9-18(10-12-19)17-6-4-3-5-7-17/h3-7,9-12,15-16,20H,8,13-14H2,1-2H3. The average molecular weight is 324 g/mol. The molecule has 0 saturated heterocycles. The zero-order chi connectivity index (χ0) is 16.9. The highest BCUT2D eigenvalue weighted by Crippen LogP contribution is 2.30. The minimum absolute atomic E-state index is 0.00809. The van der Waals surface area contributed by atoms with Crippen LogP contribution in [0.1, 0.15) is 43.5 Å². The van der Waals surface area contributed by atoms with E-state index in [1.807, 2.05) is 42.5 Å². The molecule has 0 N–H and O–H groups in total. The molecule has 126 valence electrons. The van der Waals surface area contributed by atoms with Gasteiger partial charge in [-0.25, -0.2) is 4.79 Å². The molecule has 0 aromatic heterocycles. The molecular formula is C21H24O3. The lowest BCUT2D eigenvalue weighted by molar-refractivity contribution is -0.290. The van der Waals surface area contributed by atoms with Crippen LogP contribution in [0.2, 0.25) is 0 Å². The van der Waals surface area contributed by atoms with Crippen LogP contribution in [0.5, 0.6) is 0 Å². The second kappa shape index (κ2) is 7.63. The van der Waals surface area contributed by atoms with Gasteiger partial charge in [-0.2, -0.15) is 4.89 Å². The molecular weight excluding hydrogens is 300 g/mol. The SMILES string of the molecule is CC1CCC(OOC(=O)c2ccc(-c3ccccc3)cc2)C(C)C1. The van der Waals surface area contributed by atoms with Gasteiger partial charge in [-0.15, -0.1) is 0 Å². The van der Waals surface area contributed by atoms with Gasteiger partial charge < -0.3 is 0 Å². The van der Waals surface area contributed by atoms with Gasteiger partial charge in [0.25, 0.3) is 0 Å². The molecule has 2 aromatic rings. The summed E-state index contributed by atoms with van der Waals surface area (Å²) in [4.78, 5) is 22.7. The maximum Gasteiger partial charge on any atom is 0.373 e. The normalized spacial score (nSPS) is 23.7. The van der Waals surface area contributed by atoms with Crippen molar-refractivity contribution in [3.05, 3.63) is 60.2 Å². The molecule has 1 fully saturated rings. The second-order valence-electron chi connectivity index (χ2n) is 6.84. The van der Waals surface area contributed by atoms with Crippen LogP contribution < -0.4 is 0 Å². The molecule has 0 aliphatic heterocycles. The van der Waals surface area contributed by atoms with Gasteiger partial charge in [-0.3, -0.25) is 4.89 Å². The molecule has 0 radical (unpaired) electrons. The van der Waals surface area contributed by atoms with E-state index in [9.17, 15) is 4.79 Å². The Balaban J connectivity index is 1.57.